The maximum Gasteiger partial charge on any atom is 0.0711 e. The van der Waals surface area contributed by atoms with E-state index in [1.807, 2.05) is 0 Å². The fourth-order valence-corrected chi connectivity index (χ4v) is 1.62. The van der Waals surface area contributed by atoms with Crippen LogP contribution in [-0.4, -0.2) is 25.3 Å². The van der Waals surface area contributed by atoms with Crippen molar-refractivity contribution in [3.63, 3.8) is 0 Å². The van der Waals surface area contributed by atoms with E-state index in [9.17, 15) is 0 Å². The molecule has 1 saturated heterocycles. The van der Waals surface area contributed by atoms with Gasteiger partial charge in [0.2, 0.25) is 0 Å². The molecule has 2 nitrogen and oxygen atoms in total. The molecule has 1 N–H and O–H groups in total. The highest BCUT2D eigenvalue weighted by molar-refractivity contribution is 5.00. The quantitative estimate of drug-likeness (QED) is 0.650. The average Bonchev–Trinajstić information content (AvgIpc) is 2.64. The van der Waals surface area contributed by atoms with E-state index in [0.29, 0.717) is 6.10 Å². The van der Waals surface area contributed by atoms with Gasteiger partial charge in [0.15, 0.2) is 0 Å². The molecule has 0 aromatic rings. The van der Waals surface area contributed by atoms with Crippen molar-refractivity contribution in [2.24, 2.45) is 0 Å². The number of rotatable bonds is 5. The van der Waals surface area contributed by atoms with Crippen molar-refractivity contribution < 1.29 is 4.74 Å². The van der Waals surface area contributed by atoms with Crippen molar-refractivity contribution in [1.29, 1.82) is 0 Å². The Kier molecular flexibility index (Phi) is 4.88. The van der Waals surface area contributed by atoms with Gasteiger partial charge in [-0.15, -0.1) is 6.42 Å². The van der Waals surface area contributed by atoms with Crippen molar-refractivity contribution in [3.05, 3.63) is 0 Å². The Hall–Kier alpha value is -0.520. The topological polar surface area (TPSA) is 21.3 Å². The van der Waals surface area contributed by atoms with Gasteiger partial charge in [-0.2, -0.15) is 0 Å². The van der Waals surface area contributed by atoms with Crippen molar-refractivity contribution in [1.82, 2.24) is 5.32 Å². The molecule has 0 radical (unpaired) electrons. The largest absolute Gasteiger partial charge is 0.378 e. The SMILES string of the molecule is C#CC(CC1CCCO1)NCCC. The first kappa shape index (κ1) is 10.6. The van der Waals surface area contributed by atoms with Crippen LogP contribution in [0.2, 0.25) is 0 Å². The zero-order chi connectivity index (χ0) is 9.52. The highest BCUT2D eigenvalue weighted by atomic mass is 16.5. The molecule has 1 aliphatic heterocycles. The van der Waals surface area contributed by atoms with Crippen molar-refractivity contribution in [2.45, 2.75) is 44.8 Å². The monoisotopic (exact) mass is 181 g/mol. The molecule has 0 aromatic heterocycles. The highest BCUT2D eigenvalue weighted by Crippen LogP contribution is 2.16. The van der Waals surface area contributed by atoms with Gasteiger partial charge in [0.25, 0.3) is 0 Å². The third kappa shape index (κ3) is 3.80. The number of hydrogen-bond acceptors (Lipinski definition) is 2. The van der Waals surface area contributed by atoms with Gasteiger partial charge in [-0.3, -0.25) is 0 Å². The molecule has 1 heterocycles. The molecule has 0 spiro atoms. The predicted octanol–water partition coefficient (Wildman–Crippen LogP) is 1.56. The zero-order valence-electron chi connectivity index (χ0n) is 8.38. The van der Waals surface area contributed by atoms with Crippen LogP contribution in [0.5, 0.6) is 0 Å². The fourth-order valence-electron chi connectivity index (χ4n) is 1.62. The molecule has 1 rings (SSSR count). The Morgan fingerprint density at radius 3 is 3.08 bits per heavy atom. The summed E-state index contributed by atoms with van der Waals surface area (Å²) in [5, 5.41) is 3.33. The summed E-state index contributed by atoms with van der Waals surface area (Å²) in [7, 11) is 0. The summed E-state index contributed by atoms with van der Waals surface area (Å²) in [5.74, 6) is 2.77. The number of hydrogen-bond donors (Lipinski definition) is 1. The van der Waals surface area contributed by atoms with Gasteiger partial charge in [0, 0.05) is 13.0 Å². The lowest BCUT2D eigenvalue weighted by Gasteiger charge is -2.16. The lowest BCUT2D eigenvalue weighted by Crippen LogP contribution is -2.31. The fraction of sp³-hybridized carbons (Fsp3) is 0.818. The Bertz CT molecular complexity index is 167. The van der Waals surface area contributed by atoms with Crippen LogP contribution in [0.3, 0.4) is 0 Å². The third-order valence-corrected chi connectivity index (χ3v) is 2.36. The van der Waals surface area contributed by atoms with E-state index in [0.717, 1.165) is 26.0 Å². The highest BCUT2D eigenvalue weighted by Gasteiger charge is 2.18. The van der Waals surface area contributed by atoms with Crippen LogP contribution in [0.4, 0.5) is 0 Å². The van der Waals surface area contributed by atoms with E-state index >= 15 is 0 Å². The molecule has 2 heteroatoms. The van der Waals surface area contributed by atoms with E-state index in [1.165, 1.54) is 12.8 Å². The van der Waals surface area contributed by atoms with Crippen molar-refractivity contribution >= 4 is 0 Å². The molecule has 0 bridgehead atoms. The van der Waals surface area contributed by atoms with Crippen LogP contribution in [-0.2, 0) is 4.74 Å². The maximum absolute atomic E-state index is 5.53. The van der Waals surface area contributed by atoms with Gasteiger partial charge in [-0.1, -0.05) is 12.8 Å². The first-order valence-corrected chi connectivity index (χ1v) is 5.18. The first-order chi connectivity index (χ1) is 6.36. The van der Waals surface area contributed by atoms with Crippen LogP contribution in [0.15, 0.2) is 0 Å². The second kappa shape index (κ2) is 6.01. The maximum atomic E-state index is 5.53. The van der Waals surface area contributed by atoms with Crippen LogP contribution >= 0.6 is 0 Å². The number of nitrogens with one attached hydrogen (secondary N) is 1. The standard InChI is InChI=1S/C11H19NO/c1-3-7-12-10(4-2)9-11-6-5-8-13-11/h2,10-12H,3,5-9H2,1H3. The van der Waals surface area contributed by atoms with E-state index in [1.54, 1.807) is 0 Å². The van der Waals surface area contributed by atoms with Gasteiger partial charge in [0.05, 0.1) is 12.1 Å². The van der Waals surface area contributed by atoms with Crippen molar-refractivity contribution in [3.8, 4) is 12.3 Å². The van der Waals surface area contributed by atoms with Gasteiger partial charge in [-0.25, -0.2) is 0 Å². The van der Waals surface area contributed by atoms with Gasteiger partial charge in [0.1, 0.15) is 0 Å². The molecule has 1 fully saturated rings. The second-order valence-corrected chi connectivity index (χ2v) is 3.54. The molecule has 2 unspecified atom stereocenters. The summed E-state index contributed by atoms with van der Waals surface area (Å²) in [6.45, 7) is 4.06. The molecule has 0 saturated carbocycles. The van der Waals surface area contributed by atoms with E-state index in [-0.39, 0.29) is 6.04 Å². The predicted molar refractivity (Wildman–Crippen MR) is 54.5 cm³/mol. The Morgan fingerprint density at radius 2 is 2.54 bits per heavy atom. The van der Waals surface area contributed by atoms with Gasteiger partial charge < -0.3 is 10.1 Å². The lowest BCUT2D eigenvalue weighted by molar-refractivity contribution is 0.0995. The Morgan fingerprint density at radius 1 is 1.69 bits per heavy atom. The van der Waals surface area contributed by atoms with Crippen molar-refractivity contribution in [2.75, 3.05) is 13.2 Å². The van der Waals surface area contributed by atoms with Crippen LogP contribution < -0.4 is 5.32 Å². The van der Waals surface area contributed by atoms with Crippen LogP contribution in [0.25, 0.3) is 0 Å². The van der Waals surface area contributed by atoms with E-state index in [2.05, 4.69) is 18.2 Å². The normalized spacial score (nSPS) is 24.2. The molecule has 0 aliphatic carbocycles. The molecular formula is C11H19NO. The molecular weight excluding hydrogens is 162 g/mol. The Labute approximate surface area is 81.0 Å². The van der Waals surface area contributed by atoms with E-state index in [4.69, 9.17) is 11.2 Å². The Balaban J connectivity index is 2.18. The molecule has 74 valence electrons. The van der Waals surface area contributed by atoms with Gasteiger partial charge >= 0.3 is 0 Å². The second-order valence-electron chi connectivity index (χ2n) is 3.54. The third-order valence-electron chi connectivity index (χ3n) is 2.36. The van der Waals surface area contributed by atoms with Gasteiger partial charge in [-0.05, 0) is 25.8 Å². The number of ether oxygens (including phenoxy) is 1. The van der Waals surface area contributed by atoms with Crippen LogP contribution in [0.1, 0.15) is 32.6 Å². The molecule has 0 amide bonds. The molecule has 2 atom stereocenters. The first-order valence-electron chi connectivity index (χ1n) is 5.18. The summed E-state index contributed by atoms with van der Waals surface area (Å²) < 4.78 is 5.53. The smallest absolute Gasteiger partial charge is 0.0711 e. The summed E-state index contributed by atoms with van der Waals surface area (Å²) in [4.78, 5) is 0. The summed E-state index contributed by atoms with van der Waals surface area (Å²) >= 11 is 0. The minimum absolute atomic E-state index is 0.197. The van der Waals surface area contributed by atoms with E-state index < -0.39 is 0 Å². The summed E-state index contributed by atoms with van der Waals surface area (Å²) in [5.41, 5.74) is 0. The molecule has 13 heavy (non-hydrogen) atoms. The molecule has 0 aromatic carbocycles. The minimum atomic E-state index is 0.197. The summed E-state index contributed by atoms with van der Waals surface area (Å²) in [6.07, 6.45) is 10.3. The average molecular weight is 181 g/mol. The summed E-state index contributed by atoms with van der Waals surface area (Å²) in [6, 6.07) is 0.197. The molecule has 1 aliphatic rings. The van der Waals surface area contributed by atoms with Crippen LogP contribution in [0, 0.1) is 12.3 Å². The minimum Gasteiger partial charge on any atom is -0.378 e. The number of terminal acetylenes is 1. The zero-order valence-corrected chi connectivity index (χ0v) is 8.38. The lowest BCUT2D eigenvalue weighted by atomic mass is 10.1.